The van der Waals surface area contributed by atoms with Gasteiger partial charge in [-0.2, -0.15) is 0 Å². The van der Waals surface area contributed by atoms with Crippen LogP contribution in [0.2, 0.25) is 5.02 Å². The van der Waals surface area contributed by atoms with Gasteiger partial charge in [0, 0.05) is 22.0 Å². The number of aryl methyl sites for hydroxylation is 1. The molecule has 3 rings (SSSR count). The highest BCUT2D eigenvalue weighted by Gasteiger charge is 2.44. The summed E-state index contributed by atoms with van der Waals surface area (Å²) in [5.74, 6) is 0.0882. The number of unbranched alkanes of at least 4 members (excludes halogenated alkanes) is 1. The normalized spacial score (nSPS) is 18.3. The number of nitrogens with zero attached hydrogens (tertiary/aromatic N) is 1. The van der Waals surface area contributed by atoms with Crippen molar-refractivity contribution in [3.63, 3.8) is 0 Å². The second kappa shape index (κ2) is 10.7. The molecular weight excluding hydrogens is 420 g/mol. The third-order valence-electron chi connectivity index (χ3n) is 5.03. The standard InChI is InChI=1S/C23H27ClN2O3S/c1-3-5-14-29-22(27)20-15-30-21(18-8-6-7-9-19(18)24)26(20)23(28)25-17-12-10-16(4-2)11-13-17/h6-13,20-21H,3-5,14-15H2,1-2H3,(H,25,28). The van der Waals surface area contributed by atoms with E-state index in [4.69, 9.17) is 16.3 Å². The maximum Gasteiger partial charge on any atom is 0.329 e. The first-order chi connectivity index (χ1) is 14.5. The van der Waals surface area contributed by atoms with Gasteiger partial charge in [-0.05, 0) is 36.6 Å². The third-order valence-corrected chi connectivity index (χ3v) is 6.68. The zero-order valence-electron chi connectivity index (χ0n) is 17.3. The number of thioether (sulfide) groups is 1. The number of benzene rings is 2. The maximum absolute atomic E-state index is 13.3. The predicted octanol–water partition coefficient (Wildman–Crippen LogP) is 5.89. The number of ether oxygens (including phenoxy) is 1. The molecule has 1 aliphatic rings. The minimum Gasteiger partial charge on any atom is -0.464 e. The molecule has 0 saturated carbocycles. The Bertz CT molecular complexity index is 875. The van der Waals surface area contributed by atoms with Crippen LogP contribution in [0.4, 0.5) is 10.5 Å². The first-order valence-electron chi connectivity index (χ1n) is 10.3. The lowest BCUT2D eigenvalue weighted by Gasteiger charge is -2.29. The Labute approximate surface area is 187 Å². The molecule has 160 valence electrons. The van der Waals surface area contributed by atoms with Crippen LogP contribution in [-0.2, 0) is 16.0 Å². The van der Waals surface area contributed by atoms with Gasteiger partial charge in [0.15, 0.2) is 0 Å². The van der Waals surface area contributed by atoms with Crippen molar-refractivity contribution in [2.45, 2.75) is 44.5 Å². The van der Waals surface area contributed by atoms with Crippen LogP contribution in [0.15, 0.2) is 48.5 Å². The number of hydrogen-bond donors (Lipinski definition) is 1. The van der Waals surface area contributed by atoms with Crippen molar-refractivity contribution in [2.75, 3.05) is 17.7 Å². The number of halogens is 1. The van der Waals surface area contributed by atoms with Gasteiger partial charge in [0.1, 0.15) is 11.4 Å². The molecular formula is C23H27ClN2O3S. The van der Waals surface area contributed by atoms with Crippen molar-refractivity contribution >= 4 is 41.1 Å². The van der Waals surface area contributed by atoms with Gasteiger partial charge in [-0.1, -0.05) is 62.2 Å². The van der Waals surface area contributed by atoms with Crippen LogP contribution in [0.5, 0.6) is 0 Å². The molecule has 1 N–H and O–H groups in total. The van der Waals surface area contributed by atoms with E-state index in [2.05, 4.69) is 12.2 Å². The van der Waals surface area contributed by atoms with Gasteiger partial charge in [0.05, 0.1) is 6.61 Å². The lowest BCUT2D eigenvalue weighted by molar-refractivity contribution is -0.148. The van der Waals surface area contributed by atoms with Crippen molar-refractivity contribution in [2.24, 2.45) is 0 Å². The van der Waals surface area contributed by atoms with Gasteiger partial charge in [-0.15, -0.1) is 11.8 Å². The van der Waals surface area contributed by atoms with E-state index in [0.29, 0.717) is 23.1 Å². The van der Waals surface area contributed by atoms with Crippen LogP contribution in [0.1, 0.15) is 43.2 Å². The number of amides is 2. The van der Waals surface area contributed by atoms with Gasteiger partial charge in [-0.25, -0.2) is 9.59 Å². The highest BCUT2D eigenvalue weighted by Crippen LogP contribution is 2.44. The first kappa shape index (κ1) is 22.5. The molecule has 7 heteroatoms. The minimum absolute atomic E-state index is 0.341. The van der Waals surface area contributed by atoms with Crippen LogP contribution in [0.3, 0.4) is 0 Å². The summed E-state index contributed by atoms with van der Waals surface area (Å²) in [6.45, 7) is 4.48. The van der Waals surface area contributed by atoms with E-state index < -0.39 is 6.04 Å². The number of nitrogens with one attached hydrogen (secondary N) is 1. The van der Waals surface area contributed by atoms with Crippen molar-refractivity contribution < 1.29 is 14.3 Å². The topological polar surface area (TPSA) is 58.6 Å². The molecule has 2 aromatic rings. The molecule has 2 unspecified atom stereocenters. The van der Waals surface area contributed by atoms with E-state index in [1.54, 1.807) is 11.0 Å². The molecule has 5 nitrogen and oxygen atoms in total. The summed E-state index contributed by atoms with van der Waals surface area (Å²) in [4.78, 5) is 27.6. The average Bonchev–Trinajstić information content (AvgIpc) is 3.20. The lowest BCUT2D eigenvalue weighted by Crippen LogP contribution is -2.46. The first-order valence-corrected chi connectivity index (χ1v) is 11.7. The zero-order valence-corrected chi connectivity index (χ0v) is 18.8. The lowest BCUT2D eigenvalue weighted by atomic mass is 10.1. The highest BCUT2D eigenvalue weighted by molar-refractivity contribution is 7.99. The summed E-state index contributed by atoms with van der Waals surface area (Å²) in [6.07, 6.45) is 2.67. The summed E-state index contributed by atoms with van der Waals surface area (Å²) in [6, 6.07) is 14.1. The summed E-state index contributed by atoms with van der Waals surface area (Å²) in [5.41, 5.74) is 2.69. The highest BCUT2D eigenvalue weighted by atomic mass is 35.5. The molecule has 1 fully saturated rings. The molecule has 1 saturated heterocycles. The van der Waals surface area contributed by atoms with Crippen LogP contribution in [-0.4, -0.2) is 35.3 Å². The fraction of sp³-hybridized carbons (Fsp3) is 0.391. The Kier molecular flexibility index (Phi) is 8.05. The van der Waals surface area contributed by atoms with E-state index in [-0.39, 0.29) is 17.4 Å². The third kappa shape index (κ3) is 5.29. The molecule has 0 aliphatic carbocycles. The van der Waals surface area contributed by atoms with E-state index in [9.17, 15) is 9.59 Å². The Morgan fingerprint density at radius 1 is 1.17 bits per heavy atom. The van der Waals surface area contributed by atoms with Crippen LogP contribution in [0, 0.1) is 0 Å². The van der Waals surface area contributed by atoms with Crippen molar-refractivity contribution in [3.8, 4) is 0 Å². The van der Waals surface area contributed by atoms with E-state index in [1.807, 2.05) is 49.4 Å². The second-order valence-electron chi connectivity index (χ2n) is 7.13. The molecule has 0 aromatic heterocycles. The smallest absolute Gasteiger partial charge is 0.329 e. The number of anilines is 1. The second-order valence-corrected chi connectivity index (χ2v) is 8.65. The number of carbonyl (C=O) groups excluding carboxylic acids is 2. The van der Waals surface area contributed by atoms with E-state index in [1.165, 1.54) is 17.3 Å². The van der Waals surface area contributed by atoms with Crippen LogP contribution < -0.4 is 5.32 Å². The molecule has 1 aliphatic heterocycles. The quantitative estimate of drug-likeness (QED) is 0.425. The summed E-state index contributed by atoms with van der Waals surface area (Å²) in [5, 5.41) is 3.14. The maximum atomic E-state index is 13.3. The number of urea groups is 1. The Hall–Kier alpha value is -2.18. The molecule has 30 heavy (non-hydrogen) atoms. The van der Waals surface area contributed by atoms with Gasteiger partial charge in [0.2, 0.25) is 0 Å². The van der Waals surface area contributed by atoms with Crippen LogP contribution >= 0.6 is 23.4 Å². The van der Waals surface area contributed by atoms with Gasteiger partial charge in [0.25, 0.3) is 0 Å². The van der Waals surface area contributed by atoms with E-state index >= 15 is 0 Å². The molecule has 1 heterocycles. The monoisotopic (exact) mass is 446 g/mol. The number of rotatable bonds is 7. The Balaban J connectivity index is 1.83. The SMILES string of the molecule is CCCCOC(=O)C1CSC(c2ccccc2Cl)N1C(=O)Nc1ccc(CC)cc1. The van der Waals surface area contributed by atoms with Gasteiger partial charge >= 0.3 is 12.0 Å². The van der Waals surface area contributed by atoms with Crippen molar-refractivity contribution in [1.29, 1.82) is 0 Å². The number of hydrogen-bond acceptors (Lipinski definition) is 4. The minimum atomic E-state index is -0.664. The molecule has 2 atom stereocenters. The average molecular weight is 447 g/mol. The molecule has 0 bridgehead atoms. The fourth-order valence-electron chi connectivity index (χ4n) is 3.28. The zero-order chi connectivity index (χ0) is 21.5. The fourth-order valence-corrected chi connectivity index (χ4v) is 5.03. The Morgan fingerprint density at radius 2 is 1.90 bits per heavy atom. The van der Waals surface area contributed by atoms with Crippen molar-refractivity contribution in [3.05, 3.63) is 64.7 Å². The van der Waals surface area contributed by atoms with Gasteiger partial charge in [-0.3, -0.25) is 4.90 Å². The van der Waals surface area contributed by atoms with Crippen molar-refractivity contribution in [1.82, 2.24) is 4.90 Å². The summed E-state index contributed by atoms with van der Waals surface area (Å²) < 4.78 is 5.43. The van der Waals surface area contributed by atoms with Crippen LogP contribution in [0.25, 0.3) is 0 Å². The molecule has 0 spiro atoms. The number of carbonyl (C=O) groups is 2. The largest absolute Gasteiger partial charge is 0.464 e. The molecule has 2 amide bonds. The summed E-state index contributed by atoms with van der Waals surface area (Å²) in [7, 11) is 0. The molecule has 0 radical (unpaired) electrons. The van der Waals surface area contributed by atoms with E-state index in [0.717, 1.165) is 24.8 Å². The molecule has 2 aromatic carbocycles. The summed E-state index contributed by atoms with van der Waals surface area (Å²) >= 11 is 7.93. The number of esters is 1. The Morgan fingerprint density at radius 3 is 2.57 bits per heavy atom. The predicted molar refractivity (Wildman–Crippen MR) is 123 cm³/mol. The van der Waals surface area contributed by atoms with Gasteiger partial charge < -0.3 is 10.1 Å².